The Morgan fingerprint density at radius 2 is 2.39 bits per heavy atom. The number of hydrogen-bond donors (Lipinski definition) is 1. The Bertz CT molecular complexity index is 532. The predicted molar refractivity (Wildman–Crippen MR) is 67.9 cm³/mol. The molecule has 0 bridgehead atoms. The molecule has 1 fully saturated rings. The second kappa shape index (κ2) is 4.94. The number of imidazole rings is 1. The van der Waals surface area contributed by atoms with E-state index in [4.69, 9.17) is 9.47 Å². The molecule has 18 heavy (non-hydrogen) atoms. The summed E-state index contributed by atoms with van der Waals surface area (Å²) in [5.74, 6) is 1.97. The number of rotatable bonds is 3. The third kappa shape index (κ3) is 2.18. The fourth-order valence-electron chi connectivity index (χ4n) is 2.27. The van der Waals surface area contributed by atoms with Crippen LogP contribution in [0.1, 0.15) is 31.5 Å². The van der Waals surface area contributed by atoms with Crippen LogP contribution in [0.5, 0.6) is 5.88 Å². The molecule has 2 aromatic heterocycles. The molecule has 0 saturated carbocycles. The number of nitrogens with one attached hydrogen (secondary N) is 1. The van der Waals surface area contributed by atoms with Gasteiger partial charge in [0, 0.05) is 18.6 Å². The molecule has 0 aliphatic carbocycles. The lowest BCUT2D eigenvalue weighted by Gasteiger charge is -2.19. The van der Waals surface area contributed by atoms with E-state index in [1.165, 1.54) is 0 Å². The first kappa shape index (κ1) is 11.5. The minimum Gasteiger partial charge on any atom is -0.478 e. The Morgan fingerprint density at radius 3 is 3.17 bits per heavy atom. The molecular formula is C13H17N3O2. The van der Waals surface area contributed by atoms with Gasteiger partial charge in [-0.3, -0.25) is 0 Å². The number of fused-ring (bicyclic) bond motifs is 1. The van der Waals surface area contributed by atoms with Crippen molar-refractivity contribution in [3.05, 3.63) is 18.0 Å². The van der Waals surface area contributed by atoms with E-state index in [1.807, 2.05) is 19.1 Å². The highest BCUT2D eigenvalue weighted by Gasteiger charge is 2.19. The molecule has 3 rings (SSSR count). The molecule has 0 spiro atoms. The van der Waals surface area contributed by atoms with Crippen molar-refractivity contribution in [3.63, 3.8) is 0 Å². The lowest BCUT2D eigenvalue weighted by atomic mass is 10.0. The highest BCUT2D eigenvalue weighted by molar-refractivity contribution is 5.71. The molecule has 1 atom stereocenters. The van der Waals surface area contributed by atoms with Gasteiger partial charge >= 0.3 is 0 Å². The summed E-state index contributed by atoms with van der Waals surface area (Å²) in [5.41, 5.74) is 1.68. The highest BCUT2D eigenvalue weighted by atomic mass is 16.5. The molecule has 0 aromatic carbocycles. The number of hydrogen-bond acceptors (Lipinski definition) is 4. The minimum atomic E-state index is 0.364. The zero-order chi connectivity index (χ0) is 12.4. The van der Waals surface area contributed by atoms with Crippen LogP contribution in [0.3, 0.4) is 0 Å². The van der Waals surface area contributed by atoms with Gasteiger partial charge in [0.15, 0.2) is 5.65 Å². The average Bonchev–Trinajstić information content (AvgIpc) is 2.83. The fraction of sp³-hybridized carbons (Fsp3) is 0.538. The van der Waals surface area contributed by atoms with Gasteiger partial charge in [0.05, 0.1) is 18.7 Å². The maximum absolute atomic E-state index is 5.49. The van der Waals surface area contributed by atoms with Crippen molar-refractivity contribution in [2.75, 3.05) is 19.8 Å². The quantitative estimate of drug-likeness (QED) is 0.903. The molecule has 0 amide bonds. The highest BCUT2D eigenvalue weighted by Crippen LogP contribution is 2.25. The number of ether oxygens (including phenoxy) is 2. The third-order valence-corrected chi connectivity index (χ3v) is 3.18. The van der Waals surface area contributed by atoms with E-state index >= 15 is 0 Å². The molecule has 0 radical (unpaired) electrons. The monoisotopic (exact) mass is 247 g/mol. The summed E-state index contributed by atoms with van der Waals surface area (Å²) in [7, 11) is 0. The van der Waals surface area contributed by atoms with Crippen molar-refractivity contribution < 1.29 is 9.47 Å². The summed E-state index contributed by atoms with van der Waals surface area (Å²) in [6, 6.07) is 3.83. The summed E-state index contributed by atoms with van der Waals surface area (Å²) < 4.78 is 10.9. The molecule has 5 nitrogen and oxygen atoms in total. The normalized spacial score (nSPS) is 20.2. The Balaban J connectivity index is 1.89. The molecule has 1 N–H and O–H groups in total. The van der Waals surface area contributed by atoms with Crippen molar-refractivity contribution in [2.24, 2.45) is 0 Å². The first-order chi connectivity index (χ1) is 8.86. The van der Waals surface area contributed by atoms with Gasteiger partial charge < -0.3 is 14.5 Å². The van der Waals surface area contributed by atoms with E-state index in [-0.39, 0.29) is 0 Å². The number of nitrogens with zero attached hydrogens (tertiary/aromatic N) is 2. The Labute approximate surface area is 106 Å². The zero-order valence-corrected chi connectivity index (χ0v) is 10.5. The largest absolute Gasteiger partial charge is 0.478 e. The molecule has 2 aromatic rings. The van der Waals surface area contributed by atoms with Gasteiger partial charge in [-0.15, -0.1) is 0 Å². The summed E-state index contributed by atoms with van der Waals surface area (Å²) in [6.45, 7) is 4.18. The van der Waals surface area contributed by atoms with Crippen LogP contribution in [0.4, 0.5) is 0 Å². The molecule has 96 valence electrons. The fourth-order valence-corrected chi connectivity index (χ4v) is 2.27. The van der Waals surface area contributed by atoms with Crippen molar-refractivity contribution in [2.45, 2.75) is 25.7 Å². The first-order valence-electron chi connectivity index (χ1n) is 6.44. The average molecular weight is 247 g/mol. The van der Waals surface area contributed by atoms with Gasteiger partial charge in [0.1, 0.15) is 5.82 Å². The summed E-state index contributed by atoms with van der Waals surface area (Å²) >= 11 is 0. The van der Waals surface area contributed by atoms with Crippen molar-refractivity contribution in [1.29, 1.82) is 0 Å². The zero-order valence-electron chi connectivity index (χ0n) is 10.5. The standard InChI is InChI=1S/C13H17N3O2/c1-2-18-11-6-5-10-13(15-11)16-12(14-10)9-4-3-7-17-8-9/h5-6,9H,2-4,7-8H2,1H3,(H,14,15,16). The lowest BCUT2D eigenvalue weighted by molar-refractivity contribution is 0.0784. The summed E-state index contributed by atoms with van der Waals surface area (Å²) in [6.07, 6.45) is 2.22. The van der Waals surface area contributed by atoms with Crippen LogP contribution in [-0.4, -0.2) is 34.8 Å². The molecule has 1 aliphatic heterocycles. The Morgan fingerprint density at radius 1 is 1.44 bits per heavy atom. The smallest absolute Gasteiger partial charge is 0.215 e. The summed E-state index contributed by atoms with van der Waals surface area (Å²) in [5, 5.41) is 0. The first-order valence-corrected chi connectivity index (χ1v) is 6.44. The van der Waals surface area contributed by atoms with Crippen LogP contribution < -0.4 is 4.74 Å². The molecule has 1 saturated heterocycles. The number of aromatic amines is 1. The van der Waals surface area contributed by atoms with Gasteiger partial charge in [0.2, 0.25) is 5.88 Å². The van der Waals surface area contributed by atoms with Gasteiger partial charge in [-0.05, 0) is 25.8 Å². The number of pyridine rings is 1. The van der Waals surface area contributed by atoms with Crippen LogP contribution in [-0.2, 0) is 4.74 Å². The van der Waals surface area contributed by atoms with Crippen molar-refractivity contribution in [1.82, 2.24) is 15.0 Å². The van der Waals surface area contributed by atoms with Crippen LogP contribution in [0, 0.1) is 0 Å². The maximum Gasteiger partial charge on any atom is 0.215 e. The van der Waals surface area contributed by atoms with Gasteiger partial charge in [-0.25, -0.2) is 4.98 Å². The Hall–Kier alpha value is -1.62. The number of aromatic nitrogens is 3. The minimum absolute atomic E-state index is 0.364. The molecule has 1 unspecified atom stereocenters. The van der Waals surface area contributed by atoms with Gasteiger partial charge in [0.25, 0.3) is 0 Å². The molecule has 5 heteroatoms. The lowest BCUT2D eigenvalue weighted by Crippen LogP contribution is -2.16. The van der Waals surface area contributed by atoms with E-state index in [0.29, 0.717) is 18.4 Å². The Kier molecular flexibility index (Phi) is 3.15. The van der Waals surface area contributed by atoms with E-state index in [2.05, 4.69) is 15.0 Å². The van der Waals surface area contributed by atoms with Crippen molar-refractivity contribution in [3.8, 4) is 5.88 Å². The second-order valence-electron chi connectivity index (χ2n) is 4.49. The van der Waals surface area contributed by atoms with E-state index in [1.54, 1.807) is 0 Å². The third-order valence-electron chi connectivity index (χ3n) is 3.18. The van der Waals surface area contributed by atoms with E-state index < -0.39 is 0 Å². The molecule has 3 heterocycles. The SMILES string of the molecule is CCOc1ccc2[nH]c(C3CCCOC3)nc2n1. The topological polar surface area (TPSA) is 60.0 Å². The van der Waals surface area contributed by atoms with Gasteiger partial charge in [-0.1, -0.05) is 0 Å². The van der Waals surface area contributed by atoms with E-state index in [9.17, 15) is 0 Å². The summed E-state index contributed by atoms with van der Waals surface area (Å²) in [4.78, 5) is 12.3. The van der Waals surface area contributed by atoms with Crippen LogP contribution in [0.2, 0.25) is 0 Å². The maximum atomic E-state index is 5.49. The van der Waals surface area contributed by atoms with Gasteiger partial charge in [-0.2, -0.15) is 4.98 Å². The van der Waals surface area contributed by atoms with Crippen LogP contribution in [0.25, 0.3) is 11.2 Å². The van der Waals surface area contributed by atoms with Crippen LogP contribution >= 0.6 is 0 Å². The number of H-pyrrole nitrogens is 1. The second-order valence-corrected chi connectivity index (χ2v) is 4.49. The predicted octanol–water partition coefficient (Wildman–Crippen LogP) is 2.25. The molecule has 1 aliphatic rings. The molecular weight excluding hydrogens is 230 g/mol. The van der Waals surface area contributed by atoms with Crippen LogP contribution in [0.15, 0.2) is 12.1 Å². The van der Waals surface area contributed by atoms with E-state index in [0.717, 1.165) is 43.0 Å². The van der Waals surface area contributed by atoms with Crippen molar-refractivity contribution >= 4 is 11.2 Å².